The van der Waals surface area contributed by atoms with Crippen molar-refractivity contribution in [3.63, 3.8) is 0 Å². The average molecular weight is 354 g/mol. The van der Waals surface area contributed by atoms with Gasteiger partial charge in [-0.25, -0.2) is 0 Å². The van der Waals surface area contributed by atoms with Crippen molar-refractivity contribution in [1.29, 1.82) is 0 Å². The molecule has 2 rings (SSSR count). The van der Waals surface area contributed by atoms with Crippen LogP contribution in [0.4, 0.5) is 5.69 Å². The maximum Gasteiger partial charge on any atom is 0.251 e. The molecule has 0 aliphatic carbocycles. The molecule has 0 atom stereocenters. The van der Waals surface area contributed by atoms with Crippen LogP contribution in [0.15, 0.2) is 48.5 Å². The monoisotopic (exact) mass is 354 g/mol. The van der Waals surface area contributed by atoms with Gasteiger partial charge in [0.1, 0.15) is 5.75 Å². The van der Waals surface area contributed by atoms with Crippen LogP contribution in [0.1, 0.15) is 42.1 Å². The smallest absolute Gasteiger partial charge is 0.251 e. The summed E-state index contributed by atoms with van der Waals surface area (Å²) in [5.74, 6) is 0.623. The van der Waals surface area contributed by atoms with E-state index in [0.29, 0.717) is 37.2 Å². The Morgan fingerprint density at radius 1 is 1.08 bits per heavy atom. The fourth-order valence-electron chi connectivity index (χ4n) is 2.44. The van der Waals surface area contributed by atoms with Crippen LogP contribution in [-0.4, -0.2) is 25.0 Å². The quantitative estimate of drug-likeness (QED) is 0.671. The van der Waals surface area contributed by atoms with E-state index < -0.39 is 0 Å². The molecule has 0 aliphatic rings. The zero-order valence-electron chi connectivity index (χ0n) is 15.4. The van der Waals surface area contributed by atoms with Crippen molar-refractivity contribution in [3.05, 3.63) is 59.7 Å². The first-order valence-corrected chi connectivity index (χ1v) is 8.96. The van der Waals surface area contributed by atoms with Crippen LogP contribution in [0.25, 0.3) is 0 Å². The summed E-state index contributed by atoms with van der Waals surface area (Å²) in [7, 11) is 0. The molecule has 5 heteroatoms. The molecule has 2 aromatic rings. The second kappa shape index (κ2) is 10.2. The van der Waals surface area contributed by atoms with Crippen molar-refractivity contribution in [3.8, 4) is 5.75 Å². The first kappa shape index (κ1) is 19.5. The van der Waals surface area contributed by atoms with Gasteiger partial charge in [0.2, 0.25) is 5.91 Å². The number of rotatable bonds is 9. The molecular formula is C21H26N2O3. The fraction of sp³-hybridized carbons (Fsp3) is 0.333. The Morgan fingerprint density at radius 2 is 1.88 bits per heavy atom. The number of amides is 2. The van der Waals surface area contributed by atoms with E-state index in [1.807, 2.05) is 38.1 Å². The van der Waals surface area contributed by atoms with Crippen LogP contribution >= 0.6 is 0 Å². The molecule has 0 heterocycles. The Balaban J connectivity index is 1.77. The number of anilines is 1. The molecule has 0 saturated heterocycles. The maximum atomic E-state index is 12.1. The average Bonchev–Trinajstić information content (AvgIpc) is 2.64. The van der Waals surface area contributed by atoms with Gasteiger partial charge in [-0.05, 0) is 49.6 Å². The number of hydrogen-bond acceptors (Lipinski definition) is 3. The minimum atomic E-state index is -0.130. The van der Waals surface area contributed by atoms with E-state index in [1.54, 1.807) is 24.3 Å². The summed E-state index contributed by atoms with van der Waals surface area (Å²) in [6, 6.07) is 14.8. The lowest BCUT2D eigenvalue weighted by molar-refractivity contribution is -0.116. The van der Waals surface area contributed by atoms with E-state index >= 15 is 0 Å². The molecule has 2 aromatic carbocycles. The molecule has 0 radical (unpaired) electrons. The molecular weight excluding hydrogens is 328 g/mol. The van der Waals surface area contributed by atoms with E-state index in [1.165, 1.54) is 0 Å². The SMILES string of the molecule is CCCNC(=O)c1cccc(NC(=O)CCCOc2ccccc2C)c1. The van der Waals surface area contributed by atoms with Gasteiger partial charge >= 0.3 is 0 Å². The van der Waals surface area contributed by atoms with Crippen LogP contribution in [0.3, 0.4) is 0 Å². The number of carbonyl (C=O) groups excluding carboxylic acids is 2. The lowest BCUT2D eigenvalue weighted by atomic mass is 10.2. The molecule has 0 spiro atoms. The fourth-order valence-corrected chi connectivity index (χ4v) is 2.44. The molecule has 26 heavy (non-hydrogen) atoms. The summed E-state index contributed by atoms with van der Waals surface area (Å²) in [6.07, 6.45) is 1.86. The van der Waals surface area contributed by atoms with Crippen molar-refractivity contribution in [1.82, 2.24) is 5.32 Å². The molecule has 0 bridgehead atoms. The Labute approximate surface area is 154 Å². The van der Waals surface area contributed by atoms with Crippen molar-refractivity contribution < 1.29 is 14.3 Å². The molecule has 138 valence electrons. The summed E-state index contributed by atoms with van der Waals surface area (Å²) in [5, 5.41) is 5.65. The highest BCUT2D eigenvalue weighted by Crippen LogP contribution is 2.16. The molecule has 2 N–H and O–H groups in total. The van der Waals surface area contributed by atoms with Crippen LogP contribution in [0.2, 0.25) is 0 Å². The van der Waals surface area contributed by atoms with Gasteiger partial charge in [-0.15, -0.1) is 0 Å². The summed E-state index contributed by atoms with van der Waals surface area (Å²) >= 11 is 0. The van der Waals surface area contributed by atoms with Crippen LogP contribution in [0.5, 0.6) is 5.75 Å². The Hall–Kier alpha value is -2.82. The van der Waals surface area contributed by atoms with E-state index in [4.69, 9.17) is 4.74 Å². The number of para-hydroxylation sites is 1. The van der Waals surface area contributed by atoms with E-state index in [0.717, 1.165) is 17.7 Å². The summed E-state index contributed by atoms with van der Waals surface area (Å²) in [4.78, 5) is 24.1. The van der Waals surface area contributed by atoms with Crippen molar-refractivity contribution >= 4 is 17.5 Å². The topological polar surface area (TPSA) is 67.4 Å². The van der Waals surface area contributed by atoms with Gasteiger partial charge in [0.25, 0.3) is 5.91 Å². The molecule has 5 nitrogen and oxygen atoms in total. The highest BCUT2D eigenvalue weighted by Gasteiger charge is 2.07. The highest BCUT2D eigenvalue weighted by molar-refractivity contribution is 5.97. The number of benzene rings is 2. The van der Waals surface area contributed by atoms with Gasteiger partial charge in [-0.3, -0.25) is 9.59 Å². The number of aryl methyl sites for hydroxylation is 1. The minimum absolute atomic E-state index is 0.0931. The minimum Gasteiger partial charge on any atom is -0.493 e. The second-order valence-corrected chi connectivity index (χ2v) is 6.10. The zero-order chi connectivity index (χ0) is 18.8. The lowest BCUT2D eigenvalue weighted by Crippen LogP contribution is -2.24. The van der Waals surface area contributed by atoms with Gasteiger partial charge in [0.15, 0.2) is 0 Å². The Bertz CT molecular complexity index is 744. The predicted octanol–water partition coefficient (Wildman–Crippen LogP) is 3.93. The second-order valence-electron chi connectivity index (χ2n) is 6.10. The van der Waals surface area contributed by atoms with Gasteiger partial charge in [-0.1, -0.05) is 31.2 Å². The summed E-state index contributed by atoms with van der Waals surface area (Å²) in [5.41, 5.74) is 2.24. The van der Waals surface area contributed by atoms with Crippen LogP contribution in [-0.2, 0) is 4.79 Å². The van der Waals surface area contributed by atoms with Gasteiger partial charge < -0.3 is 15.4 Å². The van der Waals surface area contributed by atoms with E-state index in [2.05, 4.69) is 10.6 Å². The number of nitrogens with one attached hydrogen (secondary N) is 2. The number of carbonyl (C=O) groups is 2. The molecule has 0 aromatic heterocycles. The first-order valence-electron chi connectivity index (χ1n) is 8.96. The zero-order valence-corrected chi connectivity index (χ0v) is 15.4. The Kier molecular flexibility index (Phi) is 7.68. The molecule has 0 saturated carbocycles. The van der Waals surface area contributed by atoms with Crippen molar-refractivity contribution in [2.45, 2.75) is 33.1 Å². The van der Waals surface area contributed by atoms with Crippen molar-refractivity contribution in [2.75, 3.05) is 18.5 Å². The third-order valence-electron chi connectivity index (χ3n) is 3.84. The van der Waals surface area contributed by atoms with E-state index in [9.17, 15) is 9.59 Å². The molecule has 2 amide bonds. The number of hydrogen-bond donors (Lipinski definition) is 2. The van der Waals surface area contributed by atoms with Gasteiger partial charge in [-0.2, -0.15) is 0 Å². The van der Waals surface area contributed by atoms with Crippen LogP contribution < -0.4 is 15.4 Å². The lowest BCUT2D eigenvalue weighted by Gasteiger charge is -2.10. The van der Waals surface area contributed by atoms with Crippen molar-refractivity contribution in [2.24, 2.45) is 0 Å². The normalized spacial score (nSPS) is 10.2. The van der Waals surface area contributed by atoms with Gasteiger partial charge in [0, 0.05) is 24.2 Å². The summed E-state index contributed by atoms with van der Waals surface area (Å²) < 4.78 is 5.69. The van der Waals surface area contributed by atoms with E-state index in [-0.39, 0.29) is 11.8 Å². The predicted molar refractivity (Wildman–Crippen MR) is 104 cm³/mol. The molecule has 0 fully saturated rings. The van der Waals surface area contributed by atoms with Crippen LogP contribution in [0, 0.1) is 6.92 Å². The standard InChI is InChI=1S/C21H26N2O3/c1-3-13-22-21(25)17-9-6-10-18(15-17)23-20(24)12-7-14-26-19-11-5-4-8-16(19)2/h4-6,8-11,15H,3,7,12-14H2,1-2H3,(H,22,25)(H,23,24). The Morgan fingerprint density at radius 3 is 2.65 bits per heavy atom. The van der Waals surface area contributed by atoms with Gasteiger partial charge in [0.05, 0.1) is 6.61 Å². The third kappa shape index (κ3) is 6.24. The summed E-state index contributed by atoms with van der Waals surface area (Å²) in [6.45, 7) is 5.11. The number of ether oxygens (including phenoxy) is 1. The highest BCUT2D eigenvalue weighted by atomic mass is 16.5. The molecule has 0 unspecified atom stereocenters. The molecule has 0 aliphatic heterocycles. The maximum absolute atomic E-state index is 12.1. The largest absolute Gasteiger partial charge is 0.493 e. The third-order valence-corrected chi connectivity index (χ3v) is 3.84. The first-order chi connectivity index (χ1) is 12.6.